The SMILES string of the molecule is Clc1ccc(OCc2nc(-c3cccs3)no2)cc1. The van der Waals surface area contributed by atoms with E-state index in [4.69, 9.17) is 20.9 Å². The highest BCUT2D eigenvalue weighted by atomic mass is 35.5. The fourth-order valence-corrected chi connectivity index (χ4v) is 2.27. The van der Waals surface area contributed by atoms with Gasteiger partial charge in [-0.3, -0.25) is 0 Å². The van der Waals surface area contributed by atoms with Crippen LogP contribution in [0.3, 0.4) is 0 Å². The van der Waals surface area contributed by atoms with Gasteiger partial charge in [0.1, 0.15) is 5.75 Å². The van der Waals surface area contributed by atoms with Crippen molar-refractivity contribution >= 4 is 22.9 Å². The summed E-state index contributed by atoms with van der Waals surface area (Å²) in [6, 6.07) is 11.0. The molecule has 0 saturated heterocycles. The van der Waals surface area contributed by atoms with Crippen molar-refractivity contribution < 1.29 is 9.26 Å². The van der Waals surface area contributed by atoms with Gasteiger partial charge in [0.25, 0.3) is 5.89 Å². The Balaban J connectivity index is 1.66. The van der Waals surface area contributed by atoms with Crippen molar-refractivity contribution in [3.63, 3.8) is 0 Å². The van der Waals surface area contributed by atoms with Crippen LogP contribution in [0.4, 0.5) is 0 Å². The van der Waals surface area contributed by atoms with Crippen LogP contribution in [0.1, 0.15) is 5.89 Å². The van der Waals surface area contributed by atoms with E-state index in [-0.39, 0.29) is 6.61 Å². The Hall–Kier alpha value is -1.85. The van der Waals surface area contributed by atoms with Crippen molar-refractivity contribution in [3.05, 3.63) is 52.7 Å². The summed E-state index contributed by atoms with van der Waals surface area (Å²) in [4.78, 5) is 5.24. The van der Waals surface area contributed by atoms with E-state index in [1.807, 2.05) is 17.5 Å². The van der Waals surface area contributed by atoms with Crippen molar-refractivity contribution in [1.29, 1.82) is 0 Å². The van der Waals surface area contributed by atoms with Gasteiger partial charge in [-0.1, -0.05) is 22.8 Å². The third-order valence-corrected chi connectivity index (χ3v) is 3.50. The number of rotatable bonds is 4. The molecule has 2 aromatic heterocycles. The lowest BCUT2D eigenvalue weighted by molar-refractivity contribution is 0.243. The molecule has 0 bridgehead atoms. The number of hydrogen-bond acceptors (Lipinski definition) is 5. The molecule has 96 valence electrons. The van der Waals surface area contributed by atoms with E-state index in [0.29, 0.717) is 22.5 Å². The Bertz CT molecular complexity index is 650. The summed E-state index contributed by atoms with van der Waals surface area (Å²) in [6.45, 7) is 0.236. The van der Waals surface area contributed by atoms with E-state index in [0.717, 1.165) is 4.88 Å². The first kappa shape index (κ1) is 12.2. The molecule has 0 saturated carbocycles. The Morgan fingerprint density at radius 3 is 2.79 bits per heavy atom. The zero-order valence-electron chi connectivity index (χ0n) is 9.75. The van der Waals surface area contributed by atoms with Gasteiger partial charge in [0, 0.05) is 5.02 Å². The van der Waals surface area contributed by atoms with Crippen LogP contribution in [-0.2, 0) is 6.61 Å². The van der Waals surface area contributed by atoms with Gasteiger partial charge in [-0.25, -0.2) is 0 Å². The molecule has 1 aromatic carbocycles. The maximum Gasteiger partial charge on any atom is 0.264 e. The molecular formula is C13H9ClN2O2S. The third-order valence-electron chi connectivity index (χ3n) is 2.39. The number of halogens is 1. The van der Waals surface area contributed by atoms with Crippen LogP contribution < -0.4 is 4.74 Å². The van der Waals surface area contributed by atoms with Gasteiger partial charge in [0.15, 0.2) is 6.61 Å². The standard InChI is InChI=1S/C13H9ClN2O2S/c14-9-3-5-10(6-4-9)17-8-12-15-13(16-18-12)11-2-1-7-19-11/h1-7H,8H2. The fourth-order valence-electron chi connectivity index (χ4n) is 1.50. The zero-order valence-corrected chi connectivity index (χ0v) is 11.3. The number of thiophene rings is 1. The molecule has 3 aromatic rings. The quantitative estimate of drug-likeness (QED) is 0.728. The van der Waals surface area contributed by atoms with E-state index in [2.05, 4.69) is 10.1 Å². The molecule has 2 heterocycles. The average molecular weight is 293 g/mol. The summed E-state index contributed by atoms with van der Waals surface area (Å²) in [5.41, 5.74) is 0. The second-order valence-electron chi connectivity index (χ2n) is 3.73. The summed E-state index contributed by atoms with van der Waals surface area (Å²) in [5, 5.41) is 6.55. The minimum atomic E-state index is 0.236. The Morgan fingerprint density at radius 1 is 1.21 bits per heavy atom. The minimum absolute atomic E-state index is 0.236. The van der Waals surface area contributed by atoms with Gasteiger partial charge in [-0.15, -0.1) is 11.3 Å². The molecule has 0 aliphatic heterocycles. The molecule has 0 N–H and O–H groups in total. The van der Waals surface area contributed by atoms with Crippen LogP contribution in [0.2, 0.25) is 5.02 Å². The summed E-state index contributed by atoms with van der Waals surface area (Å²) < 4.78 is 10.7. The molecule has 0 fully saturated rings. The smallest absolute Gasteiger partial charge is 0.264 e. The lowest BCUT2D eigenvalue weighted by Crippen LogP contribution is -1.95. The molecule has 4 nitrogen and oxygen atoms in total. The first-order valence-electron chi connectivity index (χ1n) is 5.56. The van der Waals surface area contributed by atoms with Gasteiger partial charge < -0.3 is 9.26 Å². The summed E-state index contributed by atoms with van der Waals surface area (Å²) in [6.07, 6.45) is 0. The topological polar surface area (TPSA) is 48.2 Å². The van der Waals surface area contributed by atoms with Crippen molar-refractivity contribution in [1.82, 2.24) is 10.1 Å². The summed E-state index contributed by atoms with van der Waals surface area (Å²) in [5.74, 6) is 1.74. The van der Waals surface area contributed by atoms with Gasteiger partial charge in [-0.05, 0) is 35.7 Å². The van der Waals surface area contributed by atoms with Crippen molar-refractivity contribution in [2.75, 3.05) is 0 Å². The van der Waals surface area contributed by atoms with Crippen molar-refractivity contribution in [3.8, 4) is 16.5 Å². The second-order valence-corrected chi connectivity index (χ2v) is 5.12. The maximum absolute atomic E-state index is 5.79. The predicted octanol–water partition coefficient (Wildman–Crippen LogP) is 4.03. The predicted molar refractivity (Wildman–Crippen MR) is 73.4 cm³/mol. The van der Waals surface area contributed by atoms with Crippen LogP contribution in [0.5, 0.6) is 5.75 Å². The van der Waals surface area contributed by atoms with E-state index in [9.17, 15) is 0 Å². The Labute approximate surface area is 118 Å². The molecule has 0 radical (unpaired) electrons. The monoisotopic (exact) mass is 292 g/mol. The number of benzene rings is 1. The second kappa shape index (κ2) is 5.42. The molecular weight excluding hydrogens is 284 g/mol. The molecule has 6 heteroatoms. The summed E-state index contributed by atoms with van der Waals surface area (Å²) in [7, 11) is 0. The van der Waals surface area contributed by atoms with Crippen LogP contribution in [-0.4, -0.2) is 10.1 Å². The molecule has 0 spiro atoms. The molecule has 0 atom stereocenters. The van der Waals surface area contributed by atoms with E-state index >= 15 is 0 Å². The van der Waals surface area contributed by atoms with Crippen LogP contribution in [0.25, 0.3) is 10.7 Å². The molecule has 0 aliphatic carbocycles. The maximum atomic E-state index is 5.79. The molecule has 3 rings (SSSR count). The van der Waals surface area contributed by atoms with Crippen molar-refractivity contribution in [2.24, 2.45) is 0 Å². The van der Waals surface area contributed by atoms with E-state index in [1.165, 1.54) is 0 Å². The average Bonchev–Trinajstić information content (AvgIpc) is 3.09. The van der Waals surface area contributed by atoms with Crippen LogP contribution in [0.15, 0.2) is 46.3 Å². The van der Waals surface area contributed by atoms with E-state index < -0.39 is 0 Å². The number of aromatic nitrogens is 2. The molecule has 0 unspecified atom stereocenters. The van der Waals surface area contributed by atoms with Gasteiger partial charge >= 0.3 is 0 Å². The largest absolute Gasteiger partial charge is 0.484 e. The Morgan fingerprint density at radius 2 is 2.05 bits per heavy atom. The highest BCUT2D eigenvalue weighted by Gasteiger charge is 2.09. The van der Waals surface area contributed by atoms with Gasteiger partial charge in [0.2, 0.25) is 5.82 Å². The number of hydrogen-bond donors (Lipinski definition) is 0. The minimum Gasteiger partial charge on any atom is -0.484 e. The van der Waals surface area contributed by atoms with Gasteiger partial charge in [0.05, 0.1) is 4.88 Å². The lowest BCUT2D eigenvalue weighted by Gasteiger charge is -2.01. The highest BCUT2D eigenvalue weighted by molar-refractivity contribution is 7.13. The fraction of sp³-hybridized carbons (Fsp3) is 0.0769. The molecule has 19 heavy (non-hydrogen) atoms. The van der Waals surface area contributed by atoms with Gasteiger partial charge in [-0.2, -0.15) is 4.98 Å². The number of nitrogens with zero attached hydrogens (tertiary/aromatic N) is 2. The van der Waals surface area contributed by atoms with Crippen LogP contribution in [0, 0.1) is 0 Å². The summed E-state index contributed by atoms with van der Waals surface area (Å²) >= 11 is 7.36. The first-order chi connectivity index (χ1) is 9.31. The van der Waals surface area contributed by atoms with E-state index in [1.54, 1.807) is 35.6 Å². The lowest BCUT2D eigenvalue weighted by atomic mass is 10.3. The molecule has 0 amide bonds. The van der Waals surface area contributed by atoms with Crippen molar-refractivity contribution in [2.45, 2.75) is 6.61 Å². The van der Waals surface area contributed by atoms with Crippen LogP contribution >= 0.6 is 22.9 Å². The first-order valence-corrected chi connectivity index (χ1v) is 6.82. The normalized spacial score (nSPS) is 10.6. The highest BCUT2D eigenvalue weighted by Crippen LogP contribution is 2.22. The molecule has 0 aliphatic rings. The Kier molecular flexibility index (Phi) is 3.48. The zero-order chi connectivity index (χ0) is 13.1. The number of ether oxygens (including phenoxy) is 1. The third kappa shape index (κ3) is 2.94.